The zero-order valence-corrected chi connectivity index (χ0v) is 15.3. The fourth-order valence-electron chi connectivity index (χ4n) is 3.99. The van der Waals surface area contributed by atoms with Gasteiger partial charge in [-0.1, -0.05) is 13.8 Å². The lowest BCUT2D eigenvalue weighted by Crippen LogP contribution is -2.33. The van der Waals surface area contributed by atoms with Crippen molar-refractivity contribution < 1.29 is 0 Å². The van der Waals surface area contributed by atoms with Crippen molar-refractivity contribution >= 4 is 11.6 Å². The van der Waals surface area contributed by atoms with Crippen molar-refractivity contribution in [3.63, 3.8) is 0 Å². The highest BCUT2D eigenvalue weighted by Gasteiger charge is 2.21. The molecule has 134 valence electrons. The van der Waals surface area contributed by atoms with Gasteiger partial charge >= 0.3 is 0 Å². The van der Waals surface area contributed by atoms with Crippen molar-refractivity contribution in [2.75, 3.05) is 13.1 Å². The monoisotopic (exact) mass is 340 g/mol. The maximum absolute atomic E-state index is 12.3. The highest BCUT2D eigenvalue weighted by Crippen LogP contribution is 2.29. The Morgan fingerprint density at radius 3 is 2.52 bits per heavy atom. The van der Waals surface area contributed by atoms with Gasteiger partial charge in [-0.2, -0.15) is 0 Å². The van der Waals surface area contributed by atoms with E-state index in [0.29, 0.717) is 0 Å². The summed E-state index contributed by atoms with van der Waals surface area (Å²) in [4.78, 5) is 18.4. The topological polar surface area (TPSA) is 67.7 Å². The molecule has 4 rings (SSSR count). The summed E-state index contributed by atoms with van der Waals surface area (Å²) in [6.45, 7) is 7.47. The standard InChI is InChI=1S/C20H28N4O/c1-3-24(4-2)12-16-14-7-5-6-8-17(14)21-18(16)11-15-19(13-9-10-13)22-23-20(15)25/h11,21-22H,3-10,12H2,1-2H3,(H,23,25). The third kappa shape index (κ3) is 3.13. The highest BCUT2D eigenvalue weighted by atomic mass is 16.1. The quantitative estimate of drug-likeness (QED) is 0.773. The van der Waals surface area contributed by atoms with E-state index < -0.39 is 0 Å². The van der Waals surface area contributed by atoms with Gasteiger partial charge in [-0.15, -0.1) is 0 Å². The van der Waals surface area contributed by atoms with E-state index in [0.717, 1.165) is 61.6 Å². The van der Waals surface area contributed by atoms with Crippen LogP contribution in [0.2, 0.25) is 0 Å². The van der Waals surface area contributed by atoms with E-state index in [-0.39, 0.29) is 5.56 Å². The Kier molecular flexibility index (Phi) is 4.42. The number of aryl methyl sites for hydroxylation is 1. The summed E-state index contributed by atoms with van der Waals surface area (Å²) < 4.78 is 0. The van der Waals surface area contributed by atoms with Crippen LogP contribution in [0.1, 0.15) is 62.0 Å². The molecule has 2 heterocycles. The first-order valence-corrected chi connectivity index (χ1v) is 9.66. The predicted molar refractivity (Wildman–Crippen MR) is 101 cm³/mol. The zero-order chi connectivity index (χ0) is 17.4. The molecular formula is C20H28N4O. The third-order valence-electron chi connectivity index (χ3n) is 5.68. The maximum atomic E-state index is 12.3. The van der Waals surface area contributed by atoms with Gasteiger partial charge in [0.25, 0.3) is 5.56 Å². The Morgan fingerprint density at radius 2 is 1.80 bits per heavy atom. The van der Waals surface area contributed by atoms with Gasteiger partial charge in [0.1, 0.15) is 0 Å². The van der Waals surface area contributed by atoms with Crippen molar-refractivity contribution in [2.45, 2.75) is 58.9 Å². The van der Waals surface area contributed by atoms with Gasteiger partial charge in [-0.3, -0.25) is 19.9 Å². The zero-order valence-electron chi connectivity index (χ0n) is 15.3. The Morgan fingerprint density at radius 1 is 1.04 bits per heavy atom. The molecule has 2 aliphatic rings. The van der Waals surface area contributed by atoms with Gasteiger partial charge in [0, 0.05) is 17.9 Å². The summed E-state index contributed by atoms with van der Waals surface area (Å²) >= 11 is 0. The number of aromatic nitrogens is 3. The second-order valence-electron chi connectivity index (χ2n) is 7.26. The molecule has 0 bridgehead atoms. The Hall–Kier alpha value is -2.01. The van der Waals surface area contributed by atoms with Crippen LogP contribution in [0, 0.1) is 0 Å². The predicted octanol–water partition coefficient (Wildman–Crippen LogP) is 1.52. The minimum Gasteiger partial charge on any atom is -0.358 e. The van der Waals surface area contributed by atoms with Crippen molar-refractivity contribution in [3.05, 3.63) is 43.4 Å². The van der Waals surface area contributed by atoms with Crippen LogP contribution < -0.4 is 16.1 Å². The molecule has 0 aromatic carbocycles. The average molecular weight is 340 g/mol. The lowest BCUT2D eigenvalue weighted by molar-refractivity contribution is 0.295. The van der Waals surface area contributed by atoms with Crippen LogP contribution in [0.25, 0.3) is 11.6 Å². The van der Waals surface area contributed by atoms with Crippen LogP contribution in [0.3, 0.4) is 0 Å². The summed E-state index contributed by atoms with van der Waals surface area (Å²) in [5.41, 5.74) is 6.74. The Balaban J connectivity index is 1.86. The molecule has 2 aromatic rings. The normalized spacial score (nSPS) is 17.4. The first-order valence-electron chi connectivity index (χ1n) is 9.66. The van der Waals surface area contributed by atoms with Gasteiger partial charge in [0.2, 0.25) is 0 Å². The van der Waals surface area contributed by atoms with Crippen LogP contribution in [-0.2, 0) is 19.4 Å². The van der Waals surface area contributed by atoms with Gasteiger partial charge in [0.15, 0.2) is 0 Å². The molecule has 3 N–H and O–H groups in total. The van der Waals surface area contributed by atoms with Crippen LogP contribution in [0.15, 0.2) is 4.79 Å². The highest BCUT2D eigenvalue weighted by molar-refractivity contribution is 5.60. The Labute approximate surface area is 147 Å². The average Bonchev–Trinajstić information content (AvgIpc) is 3.33. The molecular weight excluding hydrogens is 312 g/mol. The first kappa shape index (κ1) is 16.5. The van der Waals surface area contributed by atoms with Gasteiger partial charge in [0.05, 0.1) is 10.6 Å². The number of H-pyrrole nitrogens is 3. The summed E-state index contributed by atoms with van der Waals surface area (Å²) in [6.07, 6.45) is 9.08. The van der Waals surface area contributed by atoms with Crippen molar-refractivity contribution in [3.8, 4) is 0 Å². The molecule has 2 aromatic heterocycles. The molecule has 0 aliphatic heterocycles. The maximum Gasteiger partial charge on any atom is 0.271 e. The smallest absolute Gasteiger partial charge is 0.271 e. The van der Waals surface area contributed by atoms with Crippen molar-refractivity contribution in [1.82, 2.24) is 20.1 Å². The van der Waals surface area contributed by atoms with Crippen molar-refractivity contribution in [2.24, 2.45) is 0 Å². The number of hydrogen-bond acceptors (Lipinski definition) is 2. The molecule has 5 nitrogen and oxygen atoms in total. The molecule has 0 unspecified atom stereocenters. The summed E-state index contributed by atoms with van der Waals surface area (Å²) in [7, 11) is 0. The van der Waals surface area contributed by atoms with Crippen LogP contribution in [-0.4, -0.2) is 33.2 Å². The first-order chi connectivity index (χ1) is 12.2. The number of rotatable bonds is 5. The molecule has 1 saturated carbocycles. The molecule has 0 amide bonds. The van der Waals surface area contributed by atoms with Crippen LogP contribution in [0.4, 0.5) is 0 Å². The number of hydrogen-bond donors (Lipinski definition) is 3. The van der Waals surface area contributed by atoms with Gasteiger partial charge in [-0.05, 0) is 74.4 Å². The summed E-state index contributed by atoms with van der Waals surface area (Å²) in [5, 5.41) is 7.63. The second kappa shape index (κ2) is 6.71. The largest absolute Gasteiger partial charge is 0.358 e. The van der Waals surface area contributed by atoms with E-state index in [1.807, 2.05) is 0 Å². The molecule has 0 radical (unpaired) electrons. The molecule has 25 heavy (non-hydrogen) atoms. The third-order valence-corrected chi connectivity index (χ3v) is 5.68. The van der Waals surface area contributed by atoms with Gasteiger partial charge in [-0.25, -0.2) is 0 Å². The minimum atomic E-state index is -0.0178. The minimum absolute atomic E-state index is 0.0178. The van der Waals surface area contributed by atoms with Gasteiger partial charge < -0.3 is 4.98 Å². The fourth-order valence-corrected chi connectivity index (χ4v) is 3.99. The van der Waals surface area contributed by atoms with E-state index in [2.05, 4.69) is 40.0 Å². The summed E-state index contributed by atoms with van der Waals surface area (Å²) in [6, 6.07) is 0. The fraction of sp³-hybridized carbons (Fsp3) is 0.550. The molecule has 5 heteroatoms. The van der Waals surface area contributed by atoms with E-state index in [9.17, 15) is 4.79 Å². The number of fused-ring (bicyclic) bond motifs is 1. The summed E-state index contributed by atoms with van der Waals surface area (Å²) in [5.74, 6) is 0. The molecule has 0 spiro atoms. The lowest BCUT2D eigenvalue weighted by atomic mass is 9.94. The second-order valence-corrected chi connectivity index (χ2v) is 7.26. The lowest BCUT2D eigenvalue weighted by Gasteiger charge is -2.20. The molecule has 1 fully saturated rings. The molecule has 2 aliphatic carbocycles. The van der Waals surface area contributed by atoms with E-state index in [1.165, 1.54) is 35.2 Å². The van der Waals surface area contributed by atoms with Crippen LogP contribution in [0.5, 0.6) is 0 Å². The Bertz CT molecular complexity index is 933. The van der Waals surface area contributed by atoms with E-state index >= 15 is 0 Å². The van der Waals surface area contributed by atoms with E-state index in [1.54, 1.807) is 0 Å². The van der Waals surface area contributed by atoms with Crippen molar-refractivity contribution in [1.29, 1.82) is 0 Å². The van der Waals surface area contributed by atoms with E-state index in [4.69, 9.17) is 0 Å². The molecule has 0 atom stereocenters. The molecule has 0 saturated heterocycles. The number of nitrogens with zero attached hydrogens (tertiary/aromatic N) is 1. The number of aromatic amines is 3. The number of nitrogens with one attached hydrogen (secondary N) is 3. The SMILES string of the molecule is CCN(CC)Cc1c(C=c2c(=O)[nH][nH]c2=C2CC2)[nH]c2c1CCCC2. The van der Waals surface area contributed by atoms with Crippen LogP contribution >= 0.6 is 0 Å².